The molecule has 1 unspecified atom stereocenters. The molecule has 2 aliphatic rings. The summed E-state index contributed by atoms with van der Waals surface area (Å²) in [6, 6.07) is 8.67. The van der Waals surface area contributed by atoms with Crippen molar-refractivity contribution in [1.82, 2.24) is 0 Å². The van der Waals surface area contributed by atoms with Gasteiger partial charge in [0.1, 0.15) is 11.9 Å². The summed E-state index contributed by atoms with van der Waals surface area (Å²) in [5.74, 6) is -1.07. The Bertz CT molecular complexity index is 967. The third kappa shape index (κ3) is 1.95. The predicted octanol–water partition coefficient (Wildman–Crippen LogP) is 2.60. The number of hydrogen-bond acceptors (Lipinski definition) is 5. The SMILES string of the molecule is CC(=O)C1CC2=C(CO1)C(=O)c1cc3ccccc3c(O)c1C2=O. The largest absolute Gasteiger partial charge is 0.507 e. The Balaban J connectivity index is 1.93. The van der Waals surface area contributed by atoms with Crippen LogP contribution in [0.1, 0.15) is 34.1 Å². The van der Waals surface area contributed by atoms with E-state index in [-0.39, 0.29) is 47.0 Å². The standard InChI is InChI=1S/C19H14O5/c1-9(20)15-7-12-14(8-24-15)17(21)13-6-10-4-2-3-5-11(10)18(22)16(13)19(12)23/h2-6,15,22H,7-8H2,1H3. The molecule has 0 spiro atoms. The van der Waals surface area contributed by atoms with Gasteiger partial charge >= 0.3 is 0 Å². The van der Waals surface area contributed by atoms with Crippen molar-refractivity contribution in [2.45, 2.75) is 19.4 Å². The molecule has 0 saturated carbocycles. The van der Waals surface area contributed by atoms with Gasteiger partial charge in [-0.3, -0.25) is 14.4 Å². The topological polar surface area (TPSA) is 80.7 Å². The van der Waals surface area contributed by atoms with Crippen molar-refractivity contribution in [2.24, 2.45) is 0 Å². The summed E-state index contributed by atoms with van der Waals surface area (Å²) in [5.41, 5.74) is 0.797. The molecule has 1 atom stereocenters. The number of hydrogen-bond donors (Lipinski definition) is 1. The van der Waals surface area contributed by atoms with Crippen LogP contribution in [0.5, 0.6) is 5.75 Å². The zero-order valence-electron chi connectivity index (χ0n) is 13.0. The molecule has 1 N–H and O–H groups in total. The number of ketones is 3. The van der Waals surface area contributed by atoms with E-state index in [1.165, 1.54) is 6.92 Å². The maximum atomic E-state index is 12.9. The quantitative estimate of drug-likeness (QED) is 0.873. The average Bonchev–Trinajstić information content (AvgIpc) is 2.59. The van der Waals surface area contributed by atoms with Gasteiger partial charge in [0.15, 0.2) is 17.3 Å². The fourth-order valence-electron chi connectivity index (χ4n) is 3.38. The number of ether oxygens (including phenoxy) is 1. The molecule has 1 aliphatic carbocycles. The molecule has 5 nitrogen and oxygen atoms in total. The number of fused-ring (bicyclic) bond motifs is 2. The number of carbonyl (C=O) groups is 3. The second kappa shape index (κ2) is 5.11. The van der Waals surface area contributed by atoms with Crippen molar-refractivity contribution in [3.8, 4) is 5.75 Å². The summed E-state index contributed by atoms with van der Waals surface area (Å²) in [6.45, 7) is 1.33. The Labute approximate surface area is 137 Å². The Morgan fingerprint density at radius 1 is 1.17 bits per heavy atom. The number of phenols is 1. The van der Waals surface area contributed by atoms with Gasteiger partial charge < -0.3 is 9.84 Å². The lowest BCUT2D eigenvalue weighted by atomic mass is 9.79. The Morgan fingerprint density at radius 3 is 2.67 bits per heavy atom. The highest BCUT2D eigenvalue weighted by Gasteiger charge is 2.39. The average molecular weight is 322 g/mol. The monoisotopic (exact) mass is 322 g/mol. The first-order valence-corrected chi connectivity index (χ1v) is 7.67. The molecule has 4 rings (SSSR count). The molecule has 0 radical (unpaired) electrons. The number of rotatable bonds is 1. The van der Waals surface area contributed by atoms with Gasteiger partial charge in [0.05, 0.1) is 12.2 Å². The van der Waals surface area contributed by atoms with E-state index in [1.807, 2.05) is 0 Å². The third-order valence-electron chi connectivity index (χ3n) is 4.68. The van der Waals surface area contributed by atoms with E-state index < -0.39 is 11.9 Å². The summed E-state index contributed by atoms with van der Waals surface area (Å²) in [6.07, 6.45) is -0.648. The first-order chi connectivity index (χ1) is 11.5. The van der Waals surface area contributed by atoms with Crippen LogP contribution < -0.4 is 0 Å². The lowest BCUT2D eigenvalue weighted by molar-refractivity contribution is -0.128. The van der Waals surface area contributed by atoms with E-state index in [2.05, 4.69) is 0 Å². The fourth-order valence-corrected chi connectivity index (χ4v) is 3.38. The summed E-state index contributed by atoms with van der Waals surface area (Å²) in [7, 11) is 0. The minimum Gasteiger partial charge on any atom is -0.507 e. The third-order valence-corrected chi connectivity index (χ3v) is 4.68. The molecule has 24 heavy (non-hydrogen) atoms. The van der Waals surface area contributed by atoms with Crippen molar-refractivity contribution in [3.05, 3.63) is 52.6 Å². The van der Waals surface area contributed by atoms with Crippen LogP contribution >= 0.6 is 0 Å². The van der Waals surface area contributed by atoms with Gasteiger partial charge in [0, 0.05) is 28.5 Å². The van der Waals surface area contributed by atoms with E-state index >= 15 is 0 Å². The zero-order chi connectivity index (χ0) is 17.0. The summed E-state index contributed by atoms with van der Waals surface area (Å²) < 4.78 is 5.42. The maximum absolute atomic E-state index is 12.9. The molecule has 2 aromatic rings. The number of phenolic OH excluding ortho intramolecular Hbond substituents is 1. The van der Waals surface area contributed by atoms with Crippen molar-refractivity contribution in [3.63, 3.8) is 0 Å². The van der Waals surface area contributed by atoms with Gasteiger partial charge in [0.25, 0.3) is 0 Å². The van der Waals surface area contributed by atoms with Gasteiger partial charge in [-0.15, -0.1) is 0 Å². The molecule has 5 heteroatoms. The van der Waals surface area contributed by atoms with Crippen LogP contribution in [0.15, 0.2) is 41.5 Å². The van der Waals surface area contributed by atoms with Crippen LogP contribution in [0, 0.1) is 0 Å². The summed E-state index contributed by atoms with van der Waals surface area (Å²) in [5, 5.41) is 11.8. The maximum Gasteiger partial charge on any atom is 0.194 e. The van der Waals surface area contributed by atoms with Gasteiger partial charge in [-0.1, -0.05) is 24.3 Å². The van der Waals surface area contributed by atoms with Crippen molar-refractivity contribution < 1.29 is 24.2 Å². The molecule has 0 saturated heterocycles. The molecule has 1 aliphatic heterocycles. The Morgan fingerprint density at radius 2 is 1.92 bits per heavy atom. The summed E-state index contributed by atoms with van der Waals surface area (Å²) in [4.78, 5) is 37.2. The molecule has 2 aromatic carbocycles. The van der Waals surface area contributed by atoms with Gasteiger partial charge in [-0.2, -0.15) is 0 Å². The minimum atomic E-state index is -0.718. The normalized spacial score (nSPS) is 20.1. The number of benzene rings is 2. The molecule has 120 valence electrons. The Kier molecular flexibility index (Phi) is 3.15. The Hall–Kier alpha value is -2.79. The first kappa shape index (κ1) is 14.8. The van der Waals surface area contributed by atoms with Gasteiger partial charge in [0.2, 0.25) is 0 Å². The molecule has 0 amide bonds. The summed E-state index contributed by atoms with van der Waals surface area (Å²) >= 11 is 0. The van der Waals surface area contributed by atoms with Gasteiger partial charge in [-0.25, -0.2) is 0 Å². The molecular formula is C19H14O5. The zero-order valence-corrected chi connectivity index (χ0v) is 13.0. The van der Waals surface area contributed by atoms with Crippen molar-refractivity contribution in [1.29, 1.82) is 0 Å². The molecular weight excluding hydrogens is 308 g/mol. The van der Waals surface area contributed by atoms with Crippen LogP contribution in [0.25, 0.3) is 10.8 Å². The van der Waals surface area contributed by atoms with E-state index in [9.17, 15) is 19.5 Å². The second-order valence-corrected chi connectivity index (χ2v) is 6.10. The number of carbonyl (C=O) groups excluding carboxylic acids is 3. The highest BCUT2D eigenvalue weighted by molar-refractivity contribution is 6.30. The van der Waals surface area contributed by atoms with Crippen LogP contribution in [-0.2, 0) is 9.53 Å². The van der Waals surface area contributed by atoms with Crippen molar-refractivity contribution in [2.75, 3.05) is 6.61 Å². The lowest BCUT2D eigenvalue weighted by Crippen LogP contribution is -2.35. The highest BCUT2D eigenvalue weighted by Crippen LogP contribution is 2.40. The predicted molar refractivity (Wildman–Crippen MR) is 86.3 cm³/mol. The van der Waals surface area contributed by atoms with Gasteiger partial charge in [-0.05, 0) is 18.4 Å². The smallest absolute Gasteiger partial charge is 0.194 e. The van der Waals surface area contributed by atoms with Crippen LogP contribution in [0.2, 0.25) is 0 Å². The van der Waals surface area contributed by atoms with E-state index in [0.29, 0.717) is 16.3 Å². The molecule has 1 heterocycles. The molecule has 0 fully saturated rings. The molecule has 0 bridgehead atoms. The number of aromatic hydroxyl groups is 1. The van der Waals surface area contributed by atoms with Crippen LogP contribution in [0.4, 0.5) is 0 Å². The first-order valence-electron chi connectivity index (χ1n) is 7.67. The number of Topliss-reactive ketones (excluding diaryl/α,β-unsaturated/α-hetero) is 3. The van der Waals surface area contributed by atoms with E-state index in [1.54, 1.807) is 30.3 Å². The van der Waals surface area contributed by atoms with E-state index in [0.717, 1.165) is 0 Å². The fraction of sp³-hybridized carbons (Fsp3) is 0.211. The lowest BCUT2D eigenvalue weighted by Gasteiger charge is -2.29. The minimum absolute atomic E-state index is 0.0293. The highest BCUT2D eigenvalue weighted by atomic mass is 16.5. The second-order valence-electron chi connectivity index (χ2n) is 6.10. The van der Waals surface area contributed by atoms with Crippen molar-refractivity contribution >= 4 is 28.1 Å². The van der Waals surface area contributed by atoms with Crippen LogP contribution in [0.3, 0.4) is 0 Å². The van der Waals surface area contributed by atoms with Crippen LogP contribution in [-0.4, -0.2) is 35.2 Å². The molecule has 0 aromatic heterocycles. The van der Waals surface area contributed by atoms with E-state index in [4.69, 9.17) is 4.74 Å².